The van der Waals surface area contributed by atoms with Gasteiger partial charge in [0.1, 0.15) is 11.5 Å². The normalized spacial score (nSPS) is 18.2. The van der Waals surface area contributed by atoms with E-state index in [1.54, 1.807) is 6.26 Å². The zero-order valence-corrected chi connectivity index (χ0v) is 11.4. The SMILES string of the molecule is C=C(C)CC(=O)CC(c1ccco1)N1CCOCC1. The Hall–Kier alpha value is -1.39. The fraction of sp³-hybridized carbons (Fsp3) is 0.533. The van der Waals surface area contributed by atoms with Crippen LogP contribution in [0.25, 0.3) is 0 Å². The Morgan fingerprint density at radius 3 is 2.79 bits per heavy atom. The predicted molar refractivity (Wildman–Crippen MR) is 72.9 cm³/mol. The van der Waals surface area contributed by atoms with Crippen molar-refractivity contribution >= 4 is 5.78 Å². The Balaban J connectivity index is 2.06. The second-order valence-electron chi connectivity index (χ2n) is 5.06. The van der Waals surface area contributed by atoms with E-state index in [2.05, 4.69) is 11.5 Å². The van der Waals surface area contributed by atoms with Crippen molar-refractivity contribution in [1.82, 2.24) is 4.90 Å². The first-order chi connectivity index (χ1) is 9.16. The minimum Gasteiger partial charge on any atom is -0.468 e. The maximum atomic E-state index is 12.0. The summed E-state index contributed by atoms with van der Waals surface area (Å²) in [6.07, 6.45) is 2.58. The molecule has 0 aliphatic carbocycles. The number of nitrogens with zero attached hydrogens (tertiary/aromatic N) is 1. The van der Waals surface area contributed by atoms with Gasteiger partial charge in [0.2, 0.25) is 0 Å². The fourth-order valence-electron chi connectivity index (χ4n) is 2.40. The monoisotopic (exact) mass is 263 g/mol. The van der Waals surface area contributed by atoms with Crippen LogP contribution in [0, 0.1) is 0 Å². The zero-order valence-electron chi connectivity index (χ0n) is 11.4. The quantitative estimate of drug-likeness (QED) is 0.740. The van der Waals surface area contributed by atoms with Crippen molar-refractivity contribution in [2.75, 3.05) is 26.3 Å². The Kier molecular flexibility index (Phi) is 4.93. The summed E-state index contributed by atoms with van der Waals surface area (Å²) in [7, 11) is 0. The van der Waals surface area contributed by atoms with Crippen LogP contribution in [-0.4, -0.2) is 37.0 Å². The molecule has 1 atom stereocenters. The van der Waals surface area contributed by atoms with Crippen LogP contribution in [-0.2, 0) is 9.53 Å². The first kappa shape index (κ1) is 14.0. The highest BCUT2D eigenvalue weighted by molar-refractivity contribution is 5.81. The van der Waals surface area contributed by atoms with E-state index in [4.69, 9.17) is 9.15 Å². The van der Waals surface area contributed by atoms with Crippen LogP contribution in [0.3, 0.4) is 0 Å². The smallest absolute Gasteiger partial charge is 0.138 e. The van der Waals surface area contributed by atoms with Gasteiger partial charge in [0.15, 0.2) is 0 Å². The highest BCUT2D eigenvalue weighted by Gasteiger charge is 2.26. The molecule has 2 heterocycles. The van der Waals surface area contributed by atoms with Gasteiger partial charge in [0.25, 0.3) is 0 Å². The lowest BCUT2D eigenvalue weighted by Gasteiger charge is -2.33. The van der Waals surface area contributed by atoms with Gasteiger partial charge >= 0.3 is 0 Å². The van der Waals surface area contributed by atoms with Crippen LogP contribution < -0.4 is 0 Å². The maximum Gasteiger partial charge on any atom is 0.138 e. The second-order valence-corrected chi connectivity index (χ2v) is 5.06. The number of furan rings is 1. The summed E-state index contributed by atoms with van der Waals surface area (Å²) in [5.41, 5.74) is 0.908. The number of allylic oxidation sites excluding steroid dienone is 1. The van der Waals surface area contributed by atoms with Crippen molar-refractivity contribution in [3.63, 3.8) is 0 Å². The first-order valence-electron chi connectivity index (χ1n) is 6.68. The van der Waals surface area contributed by atoms with E-state index >= 15 is 0 Å². The molecule has 1 unspecified atom stereocenters. The third-order valence-corrected chi connectivity index (χ3v) is 3.28. The Morgan fingerprint density at radius 1 is 1.47 bits per heavy atom. The summed E-state index contributed by atoms with van der Waals surface area (Å²) < 4.78 is 10.9. The van der Waals surface area contributed by atoms with Crippen molar-refractivity contribution in [2.24, 2.45) is 0 Å². The van der Waals surface area contributed by atoms with Gasteiger partial charge in [-0.15, -0.1) is 0 Å². The highest BCUT2D eigenvalue weighted by Crippen LogP contribution is 2.26. The fourth-order valence-corrected chi connectivity index (χ4v) is 2.40. The molecule has 104 valence electrons. The topological polar surface area (TPSA) is 42.7 Å². The molecular weight excluding hydrogens is 242 g/mol. The molecule has 1 aromatic rings. The summed E-state index contributed by atoms with van der Waals surface area (Å²) >= 11 is 0. The summed E-state index contributed by atoms with van der Waals surface area (Å²) in [4.78, 5) is 14.3. The molecule has 0 aromatic carbocycles. The van der Waals surface area contributed by atoms with Crippen molar-refractivity contribution in [2.45, 2.75) is 25.8 Å². The number of Topliss-reactive ketones (excluding diaryl/α,β-unsaturated/α-hetero) is 1. The van der Waals surface area contributed by atoms with E-state index in [1.165, 1.54) is 0 Å². The lowest BCUT2D eigenvalue weighted by molar-refractivity contribution is -0.120. The molecule has 0 saturated carbocycles. The third kappa shape index (κ3) is 4.04. The van der Waals surface area contributed by atoms with Crippen LogP contribution in [0.2, 0.25) is 0 Å². The van der Waals surface area contributed by atoms with E-state index in [1.807, 2.05) is 19.1 Å². The number of carbonyl (C=O) groups excluding carboxylic acids is 1. The molecule has 0 amide bonds. The van der Waals surface area contributed by atoms with Gasteiger partial charge < -0.3 is 9.15 Å². The van der Waals surface area contributed by atoms with Gasteiger partial charge in [0.05, 0.1) is 25.5 Å². The lowest BCUT2D eigenvalue weighted by atomic mass is 10.0. The van der Waals surface area contributed by atoms with Crippen molar-refractivity contribution in [3.8, 4) is 0 Å². The van der Waals surface area contributed by atoms with Crippen LogP contribution in [0.15, 0.2) is 35.0 Å². The largest absolute Gasteiger partial charge is 0.468 e. The Labute approximate surface area is 114 Å². The first-order valence-corrected chi connectivity index (χ1v) is 6.68. The van der Waals surface area contributed by atoms with Crippen LogP contribution in [0.5, 0.6) is 0 Å². The van der Waals surface area contributed by atoms with Crippen LogP contribution in [0.4, 0.5) is 0 Å². The molecule has 4 heteroatoms. The molecular formula is C15H21NO3. The number of carbonyl (C=O) groups is 1. The summed E-state index contributed by atoms with van der Waals surface area (Å²) in [5.74, 6) is 1.07. The number of hydrogen-bond donors (Lipinski definition) is 0. The average Bonchev–Trinajstić information content (AvgIpc) is 2.90. The Bertz CT molecular complexity index is 419. The van der Waals surface area contributed by atoms with Gasteiger partial charge in [-0.2, -0.15) is 0 Å². The van der Waals surface area contributed by atoms with Gasteiger partial charge in [-0.05, 0) is 19.1 Å². The third-order valence-electron chi connectivity index (χ3n) is 3.28. The van der Waals surface area contributed by atoms with E-state index in [0.29, 0.717) is 26.1 Å². The minimum absolute atomic E-state index is 0.0192. The number of ether oxygens (including phenoxy) is 1. The summed E-state index contributed by atoms with van der Waals surface area (Å²) in [6, 6.07) is 3.82. The molecule has 1 aliphatic rings. The van der Waals surface area contributed by atoms with E-state index in [0.717, 1.165) is 24.4 Å². The number of ketones is 1. The molecule has 1 fully saturated rings. The molecule has 0 bridgehead atoms. The van der Waals surface area contributed by atoms with Gasteiger partial charge in [-0.25, -0.2) is 0 Å². The zero-order chi connectivity index (χ0) is 13.7. The van der Waals surface area contributed by atoms with Gasteiger partial charge in [-0.1, -0.05) is 12.2 Å². The highest BCUT2D eigenvalue weighted by atomic mass is 16.5. The van der Waals surface area contributed by atoms with Gasteiger partial charge in [0, 0.05) is 25.9 Å². The van der Waals surface area contributed by atoms with E-state index < -0.39 is 0 Å². The van der Waals surface area contributed by atoms with Crippen molar-refractivity contribution in [1.29, 1.82) is 0 Å². The summed E-state index contributed by atoms with van der Waals surface area (Å²) in [5, 5.41) is 0. The molecule has 1 aromatic heterocycles. The van der Waals surface area contributed by atoms with Crippen LogP contribution in [0.1, 0.15) is 31.6 Å². The average molecular weight is 263 g/mol. The van der Waals surface area contributed by atoms with Crippen LogP contribution >= 0.6 is 0 Å². The van der Waals surface area contributed by atoms with E-state index in [9.17, 15) is 4.79 Å². The number of rotatable bonds is 6. The van der Waals surface area contributed by atoms with Crippen molar-refractivity contribution in [3.05, 3.63) is 36.3 Å². The molecule has 4 nitrogen and oxygen atoms in total. The Morgan fingerprint density at radius 2 is 2.21 bits per heavy atom. The summed E-state index contributed by atoms with van der Waals surface area (Å²) in [6.45, 7) is 8.79. The molecule has 1 saturated heterocycles. The molecule has 0 radical (unpaired) electrons. The van der Waals surface area contributed by atoms with E-state index in [-0.39, 0.29) is 11.8 Å². The lowest BCUT2D eigenvalue weighted by Crippen LogP contribution is -2.39. The molecule has 1 aliphatic heterocycles. The standard InChI is InChI=1S/C15H21NO3/c1-12(2)10-13(17)11-14(15-4-3-7-19-15)16-5-8-18-9-6-16/h3-4,7,14H,1,5-6,8-11H2,2H3. The maximum absolute atomic E-state index is 12.0. The molecule has 2 rings (SSSR count). The minimum atomic E-state index is 0.0192. The van der Waals surface area contributed by atoms with Gasteiger partial charge in [-0.3, -0.25) is 9.69 Å². The molecule has 19 heavy (non-hydrogen) atoms. The molecule has 0 spiro atoms. The number of morpholine rings is 1. The molecule has 0 N–H and O–H groups in total. The second kappa shape index (κ2) is 6.68. The predicted octanol–water partition coefficient (Wildman–Crippen LogP) is 2.58. The van der Waals surface area contributed by atoms with Crippen molar-refractivity contribution < 1.29 is 13.9 Å². The number of hydrogen-bond acceptors (Lipinski definition) is 4.